The normalized spacial score (nSPS) is 22.1. The minimum Gasteiger partial charge on any atom is -0.345 e. The maximum absolute atomic E-state index is 12.3. The van der Waals surface area contributed by atoms with Gasteiger partial charge >= 0.3 is 0 Å². The molecule has 2 aromatic rings. The van der Waals surface area contributed by atoms with E-state index in [-0.39, 0.29) is 5.91 Å². The van der Waals surface area contributed by atoms with Crippen molar-refractivity contribution in [1.29, 1.82) is 0 Å². The molecule has 0 bridgehead atoms. The van der Waals surface area contributed by atoms with Crippen LogP contribution < -0.4 is 15.1 Å². The molecule has 1 aromatic carbocycles. The van der Waals surface area contributed by atoms with Crippen LogP contribution in [0.5, 0.6) is 0 Å². The molecule has 1 atom stereocenters. The zero-order valence-electron chi connectivity index (χ0n) is 14.5. The molecule has 1 amide bonds. The van der Waals surface area contributed by atoms with Gasteiger partial charge in [0, 0.05) is 5.56 Å². The molecular weight excluding hydrogens is 318 g/mol. The van der Waals surface area contributed by atoms with Crippen LogP contribution in [-0.2, 0) is 0 Å². The quantitative estimate of drug-likeness (QED) is 0.698. The summed E-state index contributed by atoms with van der Waals surface area (Å²) in [5.74, 6) is 0.0428. The lowest BCUT2D eigenvalue weighted by Crippen LogP contribution is -3.27. The summed E-state index contributed by atoms with van der Waals surface area (Å²) in [5, 5.41) is 5.10. The van der Waals surface area contributed by atoms with E-state index in [9.17, 15) is 4.79 Å². The van der Waals surface area contributed by atoms with Gasteiger partial charge in [0.1, 0.15) is 32.2 Å². The second-order valence-electron chi connectivity index (χ2n) is 6.77. The highest BCUT2D eigenvalue weighted by atomic mass is 32.1. The van der Waals surface area contributed by atoms with Crippen molar-refractivity contribution in [3.63, 3.8) is 0 Å². The van der Waals surface area contributed by atoms with E-state index in [2.05, 4.69) is 43.6 Å². The maximum Gasteiger partial charge on any atom is 0.261 e. The number of quaternary nitrogens is 2. The molecule has 0 radical (unpaired) electrons. The SMILES string of the molecule is Cc1ccc([C@H](CNC(=O)c2cccs2)[NH+]2CC[NH+](C)CC2)cc1. The van der Waals surface area contributed by atoms with Crippen molar-refractivity contribution in [1.82, 2.24) is 5.32 Å². The molecule has 0 unspecified atom stereocenters. The second kappa shape index (κ2) is 7.92. The van der Waals surface area contributed by atoms with Gasteiger partial charge in [-0.3, -0.25) is 4.79 Å². The molecule has 5 heteroatoms. The molecule has 24 heavy (non-hydrogen) atoms. The van der Waals surface area contributed by atoms with Crippen LogP contribution in [0.2, 0.25) is 0 Å². The summed E-state index contributed by atoms with van der Waals surface area (Å²) in [4.78, 5) is 16.3. The Kier molecular flexibility index (Phi) is 5.66. The lowest BCUT2D eigenvalue weighted by atomic mass is 10.0. The highest BCUT2D eigenvalue weighted by molar-refractivity contribution is 7.12. The number of aryl methyl sites for hydroxylation is 1. The van der Waals surface area contributed by atoms with Crippen molar-refractivity contribution in [2.75, 3.05) is 39.8 Å². The van der Waals surface area contributed by atoms with E-state index < -0.39 is 0 Å². The predicted octanol–water partition coefficient (Wildman–Crippen LogP) is -0.0592. The molecule has 0 saturated carbocycles. The van der Waals surface area contributed by atoms with Gasteiger partial charge in [-0.05, 0) is 18.4 Å². The molecule has 128 valence electrons. The summed E-state index contributed by atoms with van der Waals surface area (Å²) in [7, 11) is 2.26. The summed E-state index contributed by atoms with van der Waals surface area (Å²) < 4.78 is 0. The van der Waals surface area contributed by atoms with Gasteiger partial charge in [-0.2, -0.15) is 0 Å². The second-order valence-corrected chi connectivity index (χ2v) is 7.71. The van der Waals surface area contributed by atoms with Gasteiger partial charge in [-0.1, -0.05) is 35.9 Å². The number of carbonyl (C=O) groups is 1. The van der Waals surface area contributed by atoms with Gasteiger partial charge in [0.2, 0.25) is 0 Å². The number of rotatable bonds is 5. The molecule has 3 rings (SSSR count). The number of thiophene rings is 1. The predicted molar refractivity (Wildman–Crippen MR) is 97.9 cm³/mol. The molecule has 1 aliphatic heterocycles. The van der Waals surface area contributed by atoms with Crippen molar-refractivity contribution < 1.29 is 14.6 Å². The summed E-state index contributed by atoms with van der Waals surface area (Å²) in [5.41, 5.74) is 2.60. The third kappa shape index (κ3) is 4.23. The Hall–Kier alpha value is -1.69. The number of piperazine rings is 1. The lowest BCUT2D eigenvalue weighted by molar-refractivity contribution is -1.02. The number of benzene rings is 1. The third-order valence-corrected chi connectivity index (χ3v) is 5.80. The van der Waals surface area contributed by atoms with Crippen LogP contribution in [0, 0.1) is 6.92 Å². The first-order valence-electron chi connectivity index (χ1n) is 8.67. The fraction of sp³-hybridized carbons (Fsp3) is 0.421. The monoisotopic (exact) mass is 345 g/mol. The van der Waals surface area contributed by atoms with E-state index in [0.717, 1.165) is 18.0 Å². The Morgan fingerprint density at radius 1 is 1.17 bits per heavy atom. The van der Waals surface area contributed by atoms with E-state index in [1.165, 1.54) is 35.6 Å². The zero-order valence-corrected chi connectivity index (χ0v) is 15.3. The first kappa shape index (κ1) is 17.1. The fourth-order valence-electron chi connectivity index (χ4n) is 3.33. The van der Waals surface area contributed by atoms with Gasteiger partial charge in [-0.15, -0.1) is 11.3 Å². The van der Waals surface area contributed by atoms with Crippen LogP contribution >= 0.6 is 11.3 Å². The van der Waals surface area contributed by atoms with Crippen molar-refractivity contribution in [2.24, 2.45) is 0 Å². The number of likely N-dealkylation sites (N-methyl/N-ethyl adjacent to an activating group) is 1. The molecular formula is C19H27N3OS+2. The first-order chi connectivity index (χ1) is 11.6. The van der Waals surface area contributed by atoms with Gasteiger partial charge in [-0.25, -0.2) is 0 Å². The summed E-state index contributed by atoms with van der Waals surface area (Å²) in [6, 6.07) is 12.9. The van der Waals surface area contributed by atoms with Crippen molar-refractivity contribution in [2.45, 2.75) is 13.0 Å². The number of hydrogen-bond acceptors (Lipinski definition) is 2. The lowest BCUT2D eigenvalue weighted by Gasteiger charge is -2.33. The van der Waals surface area contributed by atoms with Crippen LogP contribution in [0.15, 0.2) is 41.8 Å². The average molecular weight is 346 g/mol. The summed E-state index contributed by atoms with van der Waals surface area (Å²) in [6.45, 7) is 7.49. The molecule has 1 fully saturated rings. The Labute approximate surface area is 148 Å². The number of hydrogen-bond donors (Lipinski definition) is 3. The highest BCUT2D eigenvalue weighted by Crippen LogP contribution is 2.12. The Balaban J connectivity index is 1.71. The molecule has 0 aliphatic carbocycles. The largest absolute Gasteiger partial charge is 0.345 e. The maximum atomic E-state index is 12.3. The van der Waals surface area contributed by atoms with E-state index in [1.54, 1.807) is 9.80 Å². The van der Waals surface area contributed by atoms with E-state index in [4.69, 9.17) is 0 Å². The zero-order chi connectivity index (χ0) is 16.9. The van der Waals surface area contributed by atoms with Crippen LogP contribution in [0.1, 0.15) is 26.8 Å². The standard InChI is InChI=1S/C19H25N3OS/c1-15-5-7-16(8-6-15)17(22-11-9-21(2)10-12-22)14-20-19(23)18-4-3-13-24-18/h3-8,13,17H,9-12,14H2,1-2H3,(H,20,23)/p+2/t17-/m0/s1. The molecule has 3 N–H and O–H groups in total. The number of amides is 1. The number of carbonyl (C=O) groups excluding carboxylic acids is 1. The molecule has 4 nitrogen and oxygen atoms in total. The van der Waals surface area contributed by atoms with Crippen LogP contribution in [0.3, 0.4) is 0 Å². The van der Waals surface area contributed by atoms with Crippen LogP contribution in [0.25, 0.3) is 0 Å². The molecule has 1 aliphatic rings. The highest BCUT2D eigenvalue weighted by Gasteiger charge is 2.29. The topological polar surface area (TPSA) is 38.0 Å². The molecule has 1 aromatic heterocycles. The fourth-order valence-corrected chi connectivity index (χ4v) is 3.97. The minimum atomic E-state index is 0.0428. The van der Waals surface area contributed by atoms with E-state index >= 15 is 0 Å². The van der Waals surface area contributed by atoms with E-state index in [1.807, 2.05) is 17.5 Å². The van der Waals surface area contributed by atoms with Crippen LogP contribution in [-0.4, -0.2) is 45.7 Å². The summed E-state index contributed by atoms with van der Waals surface area (Å²) in [6.07, 6.45) is 0. The molecule has 1 saturated heterocycles. The summed E-state index contributed by atoms with van der Waals surface area (Å²) >= 11 is 1.49. The first-order valence-corrected chi connectivity index (χ1v) is 9.55. The third-order valence-electron chi connectivity index (χ3n) is 4.93. The minimum absolute atomic E-state index is 0.0428. The van der Waals surface area contributed by atoms with Gasteiger partial charge in [0.15, 0.2) is 0 Å². The molecule has 2 heterocycles. The van der Waals surface area contributed by atoms with Gasteiger partial charge in [0.25, 0.3) is 5.91 Å². The van der Waals surface area contributed by atoms with Gasteiger partial charge < -0.3 is 15.1 Å². The van der Waals surface area contributed by atoms with Crippen LogP contribution in [0.4, 0.5) is 0 Å². The van der Waals surface area contributed by atoms with E-state index in [0.29, 0.717) is 12.6 Å². The average Bonchev–Trinajstić information content (AvgIpc) is 3.12. The van der Waals surface area contributed by atoms with Crippen molar-refractivity contribution in [3.8, 4) is 0 Å². The van der Waals surface area contributed by atoms with Gasteiger partial charge in [0.05, 0.1) is 18.5 Å². The smallest absolute Gasteiger partial charge is 0.261 e. The number of nitrogens with one attached hydrogen (secondary N) is 3. The Bertz CT molecular complexity index is 646. The van der Waals surface area contributed by atoms with Crippen molar-refractivity contribution in [3.05, 3.63) is 57.8 Å². The molecule has 0 spiro atoms. The Morgan fingerprint density at radius 2 is 1.88 bits per heavy atom. The Morgan fingerprint density at radius 3 is 2.50 bits per heavy atom. The van der Waals surface area contributed by atoms with Crippen molar-refractivity contribution >= 4 is 17.2 Å².